The molecule has 9 nitrogen and oxygen atoms in total. The first kappa shape index (κ1) is 31.4. The summed E-state index contributed by atoms with van der Waals surface area (Å²) in [5.41, 5.74) is 3.59. The molecular weight excluding hydrogens is 544 g/mol. The molecular formula is C31H44N2O7S. The van der Waals surface area contributed by atoms with E-state index >= 15 is 0 Å². The number of nitrogens with one attached hydrogen (secondary N) is 2. The monoisotopic (exact) mass is 588 g/mol. The molecule has 3 aliphatic rings. The summed E-state index contributed by atoms with van der Waals surface area (Å²) in [5.74, 6) is 1.15. The van der Waals surface area contributed by atoms with Crippen LogP contribution < -0.4 is 20.1 Å². The van der Waals surface area contributed by atoms with Crippen LogP contribution in [0.1, 0.15) is 52.5 Å². The molecule has 0 unspecified atom stereocenters. The molecule has 41 heavy (non-hydrogen) atoms. The maximum atomic E-state index is 13.6. The number of anilines is 2. The highest BCUT2D eigenvalue weighted by molar-refractivity contribution is 8.00. The minimum absolute atomic E-state index is 0.0730. The van der Waals surface area contributed by atoms with Gasteiger partial charge in [-0.2, -0.15) is 0 Å². The molecule has 0 spiro atoms. The van der Waals surface area contributed by atoms with Crippen molar-refractivity contribution < 1.29 is 33.3 Å². The second-order valence-electron chi connectivity index (χ2n) is 11.3. The Morgan fingerprint density at radius 1 is 0.976 bits per heavy atom. The quantitative estimate of drug-likeness (QED) is 0.452. The average Bonchev–Trinajstić information content (AvgIpc) is 2.93. The van der Waals surface area contributed by atoms with Crippen molar-refractivity contribution in [2.75, 3.05) is 44.8 Å². The lowest BCUT2D eigenvalue weighted by Gasteiger charge is -2.37. The Labute approximate surface area is 247 Å². The van der Waals surface area contributed by atoms with Crippen LogP contribution in [0.4, 0.5) is 11.4 Å². The van der Waals surface area contributed by atoms with Crippen molar-refractivity contribution in [3.63, 3.8) is 0 Å². The Hall–Kier alpha value is -2.53. The Morgan fingerprint density at radius 2 is 1.71 bits per heavy atom. The number of rotatable bonds is 4. The summed E-state index contributed by atoms with van der Waals surface area (Å²) in [6, 6.07) is 0. The van der Waals surface area contributed by atoms with Gasteiger partial charge < -0.3 is 34.3 Å². The summed E-state index contributed by atoms with van der Waals surface area (Å²) >= 11 is 1.37. The highest BCUT2D eigenvalue weighted by Gasteiger charge is 2.38. The van der Waals surface area contributed by atoms with Gasteiger partial charge in [-0.15, -0.1) is 11.8 Å². The fraction of sp³-hybridized carbons (Fsp3) is 0.613. The van der Waals surface area contributed by atoms with E-state index in [1.54, 1.807) is 35.4 Å². The molecule has 0 radical (unpaired) electrons. The van der Waals surface area contributed by atoms with Crippen LogP contribution in [0.3, 0.4) is 0 Å². The number of carbonyl (C=O) groups is 2. The third kappa shape index (κ3) is 6.61. The Balaban J connectivity index is 1.98. The highest BCUT2D eigenvalue weighted by Crippen LogP contribution is 2.54. The molecule has 226 valence electrons. The van der Waals surface area contributed by atoms with Crippen LogP contribution in [-0.4, -0.2) is 70.4 Å². The maximum Gasteiger partial charge on any atom is 0.251 e. The predicted molar refractivity (Wildman–Crippen MR) is 161 cm³/mol. The van der Waals surface area contributed by atoms with Crippen LogP contribution in [0.2, 0.25) is 0 Å². The normalized spacial score (nSPS) is 31.7. The number of methoxy groups -OCH3 is 4. The lowest BCUT2D eigenvalue weighted by atomic mass is 9.85. The van der Waals surface area contributed by atoms with Crippen molar-refractivity contribution >= 4 is 35.0 Å². The van der Waals surface area contributed by atoms with E-state index in [4.69, 9.17) is 23.7 Å². The number of benzene rings is 1. The fourth-order valence-electron chi connectivity index (χ4n) is 6.21. The van der Waals surface area contributed by atoms with Gasteiger partial charge in [-0.25, -0.2) is 0 Å². The summed E-state index contributed by atoms with van der Waals surface area (Å²) in [6.45, 7) is 8.16. The number of fused-ring (bicyclic) bond motifs is 3. The first-order chi connectivity index (χ1) is 19.6. The number of hydrogen-bond acceptors (Lipinski definition) is 8. The summed E-state index contributed by atoms with van der Waals surface area (Å²) in [4.78, 5) is 26.8. The zero-order valence-corrected chi connectivity index (χ0v) is 26.2. The summed E-state index contributed by atoms with van der Waals surface area (Å²) in [5, 5.41) is 6.16. The number of thioether (sulfide) groups is 1. The van der Waals surface area contributed by atoms with E-state index in [2.05, 4.69) is 37.5 Å². The van der Waals surface area contributed by atoms with Crippen molar-refractivity contribution in [1.29, 1.82) is 0 Å². The third-order valence-electron chi connectivity index (χ3n) is 8.27. The molecule has 2 N–H and O–H groups in total. The average molecular weight is 589 g/mol. The second kappa shape index (κ2) is 13.6. The Bertz CT molecular complexity index is 1210. The van der Waals surface area contributed by atoms with Gasteiger partial charge in [0.2, 0.25) is 5.91 Å². The van der Waals surface area contributed by atoms with Gasteiger partial charge in [0.05, 0.1) is 35.7 Å². The van der Waals surface area contributed by atoms with Crippen molar-refractivity contribution in [3.05, 3.63) is 28.9 Å². The SMILES string of the molecule is COc1c2c3c(c4c1NC(=O)CS4)NC(=O)/C(C)=C\CC[C@H](OC)[C@@H](OC)/C(C)=C/[C@@H](C)[C@@H](O3)[C@@H](OC)C[C@H](C)C2. The van der Waals surface area contributed by atoms with Gasteiger partial charge in [-0.3, -0.25) is 9.59 Å². The van der Waals surface area contributed by atoms with Crippen molar-refractivity contribution in [1.82, 2.24) is 0 Å². The number of hydrogen-bond donors (Lipinski definition) is 2. The van der Waals surface area contributed by atoms with E-state index in [1.165, 1.54) is 11.8 Å². The summed E-state index contributed by atoms with van der Waals surface area (Å²) in [7, 11) is 6.71. The van der Waals surface area contributed by atoms with Crippen LogP contribution in [0.15, 0.2) is 28.2 Å². The van der Waals surface area contributed by atoms with E-state index in [0.29, 0.717) is 47.7 Å². The molecule has 2 amide bonds. The molecule has 6 atom stereocenters. The third-order valence-corrected chi connectivity index (χ3v) is 9.37. The van der Waals surface area contributed by atoms with Gasteiger partial charge in [-0.1, -0.05) is 26.0 Å². The minimum atomic E-state index is -0.377. The molecule has 3 aliphatic heterocycles. The minimum Gasteiger partial charge on any atom is -0.494 e. The molecule has 0 fully saturated rings. The molecule has 10 heteroatoms. The van der Waals surface area contributed by atoms with Crippen LogP contribution in [0.25, 0.3) is 0 Å². The van der Waals surface area contributed by atoms with Crippen molar-refractivity contribution in [2.24, 2.45) is 11.8 Å². The zero-order valence-electron chi connectivity index (χ0n) is 25.4. The zero-order chi connectivity index (χ0) is 29.8. The van der Waals surface area contributed by atoms with E-state index < -0.39 is 0 Å². The van der Waals surface area contributed by atoms with Crippen LogP contribution >= 0.6 is 11.8 Å². The van der Waals surface area contributed by atoms with Gasteiger partial charge in [0.1, 0.15) is 17.9 Å². The van der Waals surface area contributed by atoms with E-state index in [-0.39, 0.29) is 53.8 Å². The molecule has 0 aliphatic carbocycles. The van der Waals surface area contributed by atoms with Gasteiger partial charge >= 0.3 is 0 Å². The molecule has 4 rings (SSSR count). The van der Waals surface area contributed by atoms with Gasteiger partial charge in [0, 0.05) is 38.4 Å². The number of amides is 2. The van der Waals surface area contributed by atoms with Gasteiger partial charge in [0.15, 0.2) is 11.5 Å². The van der Waals surface area contributed by atoms with Crippen LogP contribution in [-0.2, 0) is 30.2 Å². The summed E-state index contributed by atoms with van der Waals surface area (Å²) < 4.78 is 30.7. The largest absolute Gasteiger partial charge is 0.494 e. The number of allylic oxidation sites excluding steroid dienone is 1. The molecule has 0 aromatic heterocycles. The van der Waals surface area contributed by atoms with Gasteiger partial charge in [0.25, 0.3) is 5.91 Å². The Kier molecular flexibility index (Phi) is 10.4. The lowest BCUT2D eigenvalue weighted by Crippen LogP contribution is -2.41. The van der Waals surface area contributed by atoms with E-state index in [0.717, 1.165) is 22.5 Å². The van der Waals surface area contributed by atoms with Crippen LogP contribution in [0.5, 0.6) is 11.5 Å². The van der Waals surface area contributed by atoms with Crippen molar-refractivity contribution in [3.8, 4) is 11.5 Å². The lowest BCUT2D eigenvalue weighted by molar-refractivity contribution is -0.114. The molecule has 0 saturated heterocycles. The standard InChI is InChI=1S/C31H44N2O7S/c1-16-12-20-28(39-8)24-30(41-15-23(34)32-24)25-29(20)40-27(22(13-16)37-6)19(4)14-18(3)26(38-7)21(36-5)11-9-10-17(2)31(35)33-25/h10,14,16,19,21-22,26-27H,9,11-13,15H2,1-8H3,(H,32,34)(H,33,35)/b17-10-,18-14+/t16-,19-,21+,22+,26+,27-/m1/s1. The molecule has 1 aromatic rings. The predicted octanol–water partition coefficient (Wildman–Crippen LogP) is 5.38. The summed E-state index contributed by atoms with van der Waals surface area (Å²) in [6.07, 6.45) is 5.82. The Morgan fingerprint density at radius 3 is 2.37 bits per heavy atom. The molecule has 3 heterocycles. The number of carbonyl (C=O) groups excluding carboxylic acids is 2. The van der Waals surface area contributed by atoms with Crippen molar-refractivity contribution in [2.45, 2.75) is 82.7 Å². The second-order valence-corrected chi connectivity index (χ2v) is 12.3. The number of ether oxygens (including phenoxy) is 5. The van der Waals surface area contributed by atoms with E-state index in [1.807, 2.05) is 6.08 Å². The highest BCUT2D eigenvalue weighted by atomic mass is 32.2. The van der Waals surface area contributed by atoms with E-state index in [9.17, 15) is 9.59 Å². The fourth-order valence-corrected chi connectivity index (χ4v) is 7.13. The smallest absolute Gasteiger partial charge is 0.251 e. The first-order valence-corrected chi connectivity index (χ1v) is 15.2. The van der Waals surface area contributed by atoms with Gasteiger partial charge in [-0.05, 0) is 51.0 Å². The molecule has 1 aromatic carbocycles. The van der Waals surface area contributed by atoms with Crippen LogP contribution in [0, 0.1) is 11.8 Å². The maximum absolute atomic E-state index is 13.6. The molecule has 2 bridgehead atoms. The topological polar surface area (TPSA) is 104 Å². The molecule has 0 saturated carbocycles. The first-order valence-electron chi connectivity index (χ1n) is 14.2.